The van der Waals surface area contributed by atoms with Crippen molar-refractivity contribution in [1.82, 2.24) is 19.9 Å². The van der Waals surface area contributed by atoms with Crippen LogP contribution in [0.25, 0.3) is 32.7 Å². The number of anilines is 1. The van der Waals surface area contributed by atoms with Crippen LogP contribution < -0.4 is 9.64 Å². The molecule has 0 bridgehead atoms. The third kappa shape index (κ3) is 3.53. The van der Waals surface area contributed by atoms with Gasteiger partial charge in [-0.2, -0.15) is 4.39 Å². The van der Waals surface area contributed by atoms with Crippen molar-refractivity contribution < 1.29 is 9.13 Å². The summed E-state index contributed by atoms with van der Waals surface area (Å²) in [6.07, 6.45) is 4.59. The summed E-state index contributed by atoms with van der Waals surface area (Å²) in [7, 11) is 1.61. The van der Waals surface area contributed by atoms with E-state index in [1.54, 1.807) is 7.11 Å². The fourth-order valence-corrected chi connectivity index (χ4v) is 5.29. The molecule has 4 aromatic rings. The number of aromatic nitrogens is 3. The van der Waals surface area contributed by atoms with Crippen molar-refractivity contribution in [2.45, 2.75) is 18.9 Å². The lowest BCUT2D eigenvalue weighted by atomic mass is 10.1. The van der Waals surface area contributed by atoms with Crippen LogP contribution in [0.4, 0.5) is 10.2 Å². The molecule has 0 unspecified atom stereocenters. The van der Waals surface area contributed by atoms with Crippen molar-refractivity contribution >= 4 is 28.1 Å². The summed E-state index contributed by atoms with van der Waals surface area (Å²) >= 11 is 1.50. The van der Waals surface area contributed by atoms with Crippen LogP contribution in [0, 0.1) is 5.95 Å². The molecule has 0 amide bonds. The highest BCUT2D eigenvalue weighted by molar-refractivity contribution is 7.13. The van der Waals surface area contributed by atoms with E-state index in [0.717, 1.165) is 59.5 Å². The molecule has 1 aliphatic heterocycles. The quantitative estimate of drug-likeness (QED) is 0.475. The molecule has 1 N–H and O–H groups in total. The van der Waals surface area contributed by atoms with Gasteiger partial charge in [-0.15, -0.1) is 11.3 Å². The lowest BCUT2D eigenvalue weighted by Gasteiger charge is -2.35. The number of nitrogens with zero attached hydrogens (tertiary/aromatic N) is 4. The second-order valence-corrected chi connectivity index (χ2v) is 9.28. The Labute approximate surface area is 189 Å². The van der Waals surface area contributed by atoms with Gasteiger partial charge in [-0.25, -0.2) is 9.97 Å². The zero-order chi connectivity index (χ0) is 21.7. The minimum atomic E-state index is -0.385. The SMILES string of the molecule is COc1ccc2[nH]c(F)c(-c3csc(-c4ccc(N5CCN(C6CC6)CC5)nc4)n3)c2c1. The highest BCUT2D eigenvalue weighted by Crippen LogP contribution is 2.36. The van der Waals surface area contributed by atoms with Gasteiger partial charge < -0.3 is 14.6 Å². The van der Waals surface area contributed by atoms with E-state index in [0.29, 0.717) is 17.0 Å². The van der Waals surface area contributed by atoms with Gasteiger partial charge in [0.25, 0.3) is 0 Å². The summed E-state index contributed by atoms with van der Waals surface area (Å²) in [5.74, 6) is 1.31. The first-order valence-electron chi connectivity index (χ1n) is 11.0. The van der Waals surface area contributed by atoms with Crippen LogP contribution in [0.15, 0.2) is 41.9 Å². The Morgan fingerprint density at radius 3 is 2.69 bits per heavy atom. The van der Waals surface area contributed by atoms with Gasteiger partial charge in [0.05, 0.1) is 18.4 Å². The van der Waals surface area contributed by atoms with Crippen LogP contribution >= 0.6 is 11.3 Å². The molecule has 4 heterocycles. The Balaban J connectivity index is 1.23. The molecule has 2 fully saturated rings. The third-order valence-electron chi connectivity index (χ3n) is 6.42. The van der Waals surface area contributed by atoms with Crippen LogP contribution in [0.3, 0.4) is 0 Å². The Bertz CT molecular complexity index is 1260. The third-order valence-corrected chi connectivity index (χ3v) is 7.31. The summed E-state index contributed by atoms with van der Waals surface area (Å²) in [5.41, 5.74) is 2.75. The first-order valence-corrected chi connectivity index (χ1v) is 11.8. The van der Waals surface area contributed by atoms with Crippen molar-refractivity contribution in [3.63, 3.8) is 0 Å². The minimum Gasteiger partial charge on any atom is -0.497 e. The molecular weight excluding hydrogens is 425 g/mol. The van der Waals surface area contributed by atoms with Crippen molar-refractivity contribution in [3.8, 4) is 27.6 Å². The first kappa shape index (κ1) is 19.7. The standard InChI is InChI=1S/C24H24FN5OS/c1-31-17-5-6-19-18(12-17)22(23(25)27-19)20-14-32-24(28-20)15-2-7-21(26-13-15)30-10-8-29(9-11-30)16-3-4-16/h2,5-7,12-14,16,27H,3-4,8-11H2,1H3. The molecule has 1 saturated carbocycles. The normalized spacial score (nSPS) is 17.2. The number of benzene rings is 1. The average Bonchev–Trinajstić information content (AvgIpc) is 3.48. The molecule has 164 valence electrons. The van der Waals surface area contributed by atoms with Gasteiger partial charge >= 0.3 is 0 Å². The van der Waals surface area contributed by atoms with Crippen LogP contribution in [-0.4, -0.2) is 59.2 Å². The molecule has 1 saturated heterocycles. The predicted molar refractivity (Wildman–Crippen MR) is 126 cm³/mol. The van der Waals surface area contributed by atoms with E-state index in [-0.39, 0.29) is 5.95 Å². The number of hydrogen-bond donors (Lipinski definition) is 1. The zero-order valence-electron chi connectivity index (χ0n) is 17.8. The fourth-order valence-electron chi connectivity index (χ4n) is 4.49. The Kier molecular flexibility index (Phi) is 4.84. The number of H-pyrrole nitrogens is 1. The maximum atomic E-state index is 14.7. The van der Waals surface area contributed by atoms with Crippen molar-refractivity contribution in [1.29, 1.82) is 0 Å². The number of thiazole rings is 1. The van der Waals surface area contributed by atoms with Crippen molar-refractivity contribution in [2.24, 2.45) is 0 Å². The van der Waals surface area contributed by atoms with Gasteiger partial charge in [-0.05, 0) is 43.2 Å². The van der Waals surface area contributed by atoms with E-state index in [4.69, 9.17) is 14.7 Å². The summed E-state index contributed by atoms with van der Waals surface area (Å²) in [6.45, 7) is 4.27. The zero-order valence-corrected chi connectivity index (χ0v) is 18.7. The van der Waals surface area contributed by atoms with E-state index in [1.165, 1.54) is 24.2 Å². The number of piperazine rings is 1. The molecule has 3 aromatic heterocycles. The first-order chi connectivity index (χ1) is 15.7. The van der Waals surface area contributed by atoms with Gasteiger partial charge in [0.1, 0.15) is 16.6 Å². The van der Waals surface area contributed by atoms with Crippen LogP contribution in [0.1, 0.15) is 12.8 Å². The van der Waals surface area contributed by atoms with Crippen LogP contribution in [0.5, 0.6) is 5.75 Å². The van der Waals surface area contributed by atoms with Gasteiger partial charge in [0, 0.05) is 60.3 Å². The van der Waals surface area contributed by atoms with Crippen LogP contribution in [0.2, 0.25) is 0 Å². The molecule has 1 aliphatic carbocycles. The molecule has 2 aliphatic rings. The highest BCUT2D eigenvalue weighted by Gasteiger charge is 2.31. The Morgan fingerprint density at radius 1 is 1.12 bits per heavy atom. The van der Waals surface area contributed by atoms with Gasteiger partial charge in [0.2, 0.25) is 5.95 Å². The Morgan fingerprint density at radius 2 is 1.97 bits per heavy atom. The number of ether oxygens (including phenoxy) is 1. The number of fused-ring (bicyclic) bond motifs is 1. The highest BCUT2D eigenvalue weighted by atomic mass is 32.1. The van der Waals surface area contributed by atoms with Crippen molar-refractivity contribution in [2.75, 3.05) is 38.2 Å². The van der Waals surface area contributed by atoms with Gasteiger partial charge in [-0.3, -0.25) is 4.90 Å². The molecule has 0 atom stereocenters. The number of pyridine rings is 1. The average molecular weight is 450 g/mol. The lowest BCUT2D eigenvalue weighted by Crippen LogP contribution is -2.47. The summed E-state index contributed by atoms with van der Waals surface area (Å²) in [4.78, 5) is 17.2. The molecule has 0 spiro atoms. The van der Waals surface area contributed by atoms with Gasteiger partial charge in [0.15, 0.2) is 0 Å². The van der Waals surface area contributed by atoms with E-state index in [9.17, 15) is 4.39 Å². The molecular formula is C24H24FN5OS. The lowest BCUT2D eigenvalue weighted by molar-refractivity contribution is 0.247. The molecule has 8 heteroatoms. The van der Waals surface area contributed by atoms with Crippen molar-refractivity contribution in [3.05, 3.63) is 47.9 Å². The van der Waals surface area contributed by atoms with Crippen LogP contribution in [-0.2, 0) is 0 Å². The smallest absolute Gasteiger partial charge is 0.201 e. The number of halogens is 1. The Hall–Kier alpha value is -2.97. The van der Waals surface area contributed by atoms with Gasteiger partial charge in [-0.1, -0.05) is 0 Å². The number of aromatic amines is 1. The molecule has 0 radical (unpaired) electrons. The predicted octanol–water partition coefficient (Wildman–Crippen LogP) is 4.79. The second-order valence-electron chi connectivity index (χ2n) is 8.42. The molecule has 6 rings (SSSR count). The maximum Gasteiger partial charge on any atom is 0.201 e. The van der Waals surface area contributed by atoms with E-state index < -0.39 is 0 Å². The minimum absolute atomic E-state index is 0.385. The molecule has 6 nitrogen and oxygen atoms in total. The monoisotopic (exact) mass is 449 g/mol. The van der Waals surface area contributed by atoms with E-state index in [1.807, 2.05) is 29.8 Å². The van der Waals surface area contributed by atoms with E-state index >= 15 is 0 Å². The topological polar surface area (TPSA) is 57.3 Å². The summed E-state index contributed by atoms with van der Waals surface area (Å²) < 4.78 is 20.0. The number of rotatable bonds is 5. The fraction of sp³-hybridized carbons (Fsp3) is 0.333. The summed E-state index contributed by atoms with van der Waals surface area (Å²) in [6, 6.07) is 10.4. The number of methoxy groups -OCH3 is 1. The van der Waals surface area contributed by atoms with E-state index in [2.05, 4.69) is 26.9 Å². The summed E-state index contributed by atoms with van der Waals surface area (Å²) in [5, 5.41) is 3.48. The second kappa shape index (κ2) is 7.86. The molecule has 1 aromatic carbocycles. The largest absolute Gasteiger partial charge is 0.497 e. The number of hydrogen-bond acceptors (Lipinski definition) is 6. The molecule has 32 heavy (non-hydrogen) atoms. The number of nitrogens with one attached hydrogen (secondary N) is 1. The maximum absolute atomic E-state index is 14.7.